The minimum Gasteiger partial charge on any atom is -0.358 e. The highest BCUT2D eigenvalue weighted by molar-refractivity contribution is 5.63. The topological polar surface area (TPSA) is 106 Å². The Morgan fingerprint density at radius 3 is 2.52 bits per heavy atom. The molecule has 5 rings (SSSR count). The summed E-state index contributed by atoms with van der Waals surface area (Å²) >= 11 is 0. The lowest BCUT2D eigenvalue weighted by Gasteiger charge is -2.36. The summed E-state index contributed by atoms with van der Waals surface area (Å²) < 4.78 is 7.04. The fourth-order valence-corrected chi connectivity index (χ4v) is 3.94. The second-order valence-electron chi connectivity index (χ2n) is 7.47. The van der Waals surface area contributed by atoms with Gasteiger partial charge in [-0.3, -0.25) is 4.90 Å². The van der Waals surface area contributed by atoms with Gasteiger partial charge in [0.1, 0.15) is 0 Å². The zero-order valence-electron chi connectivity index (χ0n) is 17.0. The largest absolute Gasteiger partial charge is 0.372 e. The van der Waals surface area contributed by atoms with Crippen LogP contribution in [0.5, 0.6) is 0 Å². The van der Waals surface area contributed by atoms with E-state index >= 15 is 0 Å². The van der Waals surface area contributed by atoms with Crippen LogP contribution in [0, 0.1) is 10.1 Å². The summed E-state index contributed by atoms with van der Waals surface area (Å²) in [5.41, 5.74) is 1.48. The van der Waals surface area contributed by atoms with Gasteiger partial charge in [0.2, 0.25) is 23.2 Å². The van der Waals surface area contributed by atoms with Crippen LogP contribution in [-0.4, -0.2) is 55.5 Å². The Kier molecular flexibility index (Phi) is 4.83. The molecule has 1 fully saturated rings. The molecule has 0 amide bonds. The molecule has 1 aromatic carbocycles. The number of piperazine rings is 1. The molecule has 4 aromatic rings. The molecular weight excluding hydrogens is 398 g/mol. The molecule has 0 bridgehead atoms. The number of imidazole rings is 1. The molecule has 0 saturated carbocycles. The molecular formula is C21H21N7O3. The van der Waals surface area contributed by atoms with Crippen molar-refractivity contribution in [2.24, 2.45) is 0 Å². The van der Waals surface area contributed by atoms with Crippen molar-refractivity contribution in [2.45, 2.75) is 13.0 Å². The Morgan fingerprint density at radius 1 is 1.03 bits per heavy atom. The molecule has 0 radical (unpaired) electrons. The van der Waals surface area contributed by atoms with E-state index in [2.05, 4.69) is 20.0 Å². The van der Waals surface area contributed by atoms with E-state index in [0.29, 0.717) is 49.4 Å². The molecule has 31 heavy (non-hydrogen) atoms. The zero-order valence-corrected chi connectivity index (χ0v) is 17.0. The molecule has 1 aliphatic heterocycles. The highest BCUT2D eigenvalue weighted by atomic mass is 16.6. The van der Waals surface area contributed by atoms with Gasteiger partial charge in [0.05, 0.1) is 12.2 Å². The van der Waals surface area contributed by atoms with Crippen molar-refractivity contribution in [3.05, 3.63) is 70.7 Å². The number of aromatic nitrogens is 4. The van der Waals surface area contributed by atoms with Gasteiger partial charge in [0.25, 0.3) is 0 Å². The van der Waals surface area contributed by atoms with E-state index in [4.69, 9.17) is 4.52 Å². The third kappa shape index (κ3) is 3.50. The second kappa shape index (κ2) is 7.80. The standard InChI is InChI=1S/C21H21N7O3/c1-15(20-23-18(24-31-20)16-7-3-2-4-8-16)25-11-13-26(14-12-25)19-21(28(29)30)27-10-6-5-9-17(27)22-19/h2-10,15H,11-14H2,1H3/t15-/m0/s1. The van der Waals surface area contributed by atoms with Gasteiger partial charge in [-0.15, -0.1) is 0 Å². The molecule has 1 atom stereocenters. The third-order valence-electron chi connectivity index (χ3n) is 5.65. The maximum Gasteiger partial charge on any atom is 0.372 e. The van der Waals surface area contributed by atoms with Crippen molar-refractivity contribution >= 4 is 17.3 Å². The first-order chi connectivity index (χ1) is 15.1. The van der Waals surface area contributed by atoms with Crippen LogP contribution in [0.3, 0.4) is 0 Å². The highest BCUT2D eigenvalue weighted by Gasteiger charge is 2.31. The SMILES string of the molecule is C[C@@H](c1nc(-c2ccccc2)no1)N1CCN(c2nc3ccccn3c2[N+](=O)[O-])CC1. The number of nitro groups is 1. The number of rotatable bonds is 5. The normalized spacial score (nSPS) is 16.0. The van der Waals surface area contributed by atoms with Crippen molar-refractivity contribution < 1.29 is 9.45 Å². The van der Waals surface area contributed by atoms with E-state index in [1.165, 1.54) is 4.40 Å². The molecule has 158 valence electrons. The minimum atomic E-state index is -0.367. The van der Waals surface area contributed by atoms with Gasteiger partial charge in [-0.2, -0.15) is 14.4 Å². The summed E-state index contributed by atoms with van der Waals surface area (Å²) in [5, 5.41) is 15.8. The fourth-order valence-electron chi connectivity index (χ4n) is 3.94. The van der Waals surface area contributed by atoms with E-state index in [-0.39, 0.29) is 16.8 Å². The van der Waals surface area contributed by atoms with Gasteiger partial charge in [-0.05, 0) is 17.9 Å². The summed E-state index contributed by atoms with van der Waals surface area (Å²) in [7, 11) is 0. The summed E-state index contributed by atoms with van der Waals surface area (Å²) in [5.74, 6) is 1.54. The quantitative estimate of drug-likeness (QED) is 0.359. The van der Waals surface area contributed by atoms with E-state index in [1.54, 1.807) is 18.3 Å². The molecule has 0 aliphatic carbocycles. The number of anilines is 1. The molecule has 1 aliphatic rings. The number of fused-ring (bicyclic) bond motifs is 1. The maximum atomic E-state index is 11.7. The molecule has 0 spiro atoms. The first kappa shape index (κ1) is 19.2. The Hall–Kier alpha value is -3.79. The lowest BCUT2D eigenvalue weighted by molar-refractivity contribution is -0.389. The Labute approximate surface area is 177 Å². The van der Waals surface area contributed by atoms with E-state index in [9.17, 15) is 10.1 Å². The van der Waals surface area contributed by atoms with Crippen molar-refractivity contribution in [3.63, 3.8) is 0 Å². The van der Waals surface area contributed by atoms with Crippen LogP contribution in [0.25, 0.3) is 17.0 Å². The second-order valence-corrected chi connectivity index (χ2v) is 7.47. The summed E-state index contributed by atoms with van der Waals surface area (Å²) in [6, 6.07) is 15.0. The van der Waals surface area contributed by atoms with Crippen molar-refractivity contribution in [2.75, 3.05) is 31.1 Å². The third-order valence-corrected chi connectivity index (χ3v) is 5.65. The van der Waals surface area contributed by atoms with Gasteiger partial charge in [-0.25, -0.2) is 0 Å². The number of pyridine rings is 1. The van der Waals surface area contributed by atoms with Gasteiger partial charge in [0, 0.05) is 37.8 Å². The Balaban J connectivity index is 1.31. The van der Waals surface area contributed by atoms with Crippen LogP contribution in [0.15, 0.2) is 59.3 Å². The van der Waals surface area contributed by atoms with Crippen LogP contribution in [-0.2, 0) is 0 Å². The predicted octanol–water partition coefficient (Wildman–Crippen LogP) is 3.18. The lowest BCUT2D eigenvalue weighted by Crippen LogP contribution is -2.47. The number of nitrogens with zero attached hydrogens (tertiary/aromatic N) is 7. The van der Waals surface area contributed by atoms with Crippen molar-refractivity contribution in [1.82, 2.24) is 24.4 Å². The Bertz CT molecular complexity index is 1210. The molecule has 10 heteroatoms. The molecule has 4 heterocycles. The van der Waals surface area contributed by atoms with E-state index < -0.39 is 0 Å². The highest BCUT2D eigenvalue weighted by Crippen LogP contribution is 2.31. The number of benzene rings is 1. The first-order valence-electron chi connectivity index (χ1n) is 10.1. The van der Waals surface area contributed by atoms with E-state index in [1.807, 2.05) is 48.2 Å². The first-order valence-corrected chi connectivity index (χ1v) is 10.1. The predicted molar refractivity (Wildman–Crippen MR) is 114 cm³/mol. The number of hydrogen-bond donors (Lipinski definition) is 0. The van der Waals surface area contributed by atoms with Crippen LogP contribution >= 0.6 is 0 Å². The van der Waals surface area contributed by atoms with Gasteiger partial charge in [-0.1, -0.05) is 41.6 Å². The Morgan fingerprint density at radius 2 is 1.77 bits per heavy atom. The van der Waals surface area contributed by atoms with Crippen LogP contribution in [0.4, 0.5) is 11.6 Å². The summed E-state index contributed by atoms with van der Waals surface area (Å²) in [4.78, 5) is 24.6. The smallest absolute Gasteiger partial charge is 0.358 e. The summed E-state index contributed by atoms with van der Waals surface area (Å²) in [6.45, 7) is 4.68. The van der Waals surface area contributed by atoms with Crippen LogP contribution in [0.2, 0.25) is 0 Å². The van der Waals surface area contributed by atoms with Crippen molar-refractivity contribution in [3.8, 4) is 11.4 Å². The monoisotopic (exact) mass is 419 g/mol. The zero-order chi connectivity index (χ0) is 21.4. The van der Waals surface area contributed by atoms with Gasteiger partial charge >= 0.3 is 5.82 Å². The van der Waals surface area contributed by atoms with Crippen LogP contribution < -0.4 is 4.90 Å². The molecule has 0 unspecified atom stereocenters. The van der Waals surface area contributed by atoms with Gasteiger partial charge in [0.15, 0.2) is 0 Å². The van der Waals surface area contributed by atoms with Crippen molar-refractivity contribution in [1.29, 1.82) is 0 Å². The minimum absolute atomic E-state index is 0.00139. The molecule has 3 aromatic heterocycles. The van der Waals surface area contributed by atoms with E-state index in [0.717, 1.165) is 5.56 Å². The molecule has 0 N–H and O–H groups in total. The fraction of sp³-hybridized carbons (Fsp3) is 0.286. The average Bonchev–Trinajstić information content (AvgIpc) is 3.45. The number of hydrogen-bond acceptors (Lipinski definition) is 8. The average molecular weight is 419 g/mol. The molecule has 1 saturated heterocycles. The summed E-state index contributed by atoms with van der Waals surface area (Å²) in [6.07, 6.45) is 1.67. The lowest BCUT2D eigenvalue weighted by atomic mass is 10.2. The van der Waals surface area contributed by atoms with Gasteiger partial charge < -0.3 is 19.5 Å². The molecule has 10 nitrogen and oxygen atoms in total. The maximum absolute atomic E-state index is 11.7. The van der Waals surface area contributed by atoms with Crippen LogP contribution in [0.1, 0.15) is 18.9 Å².